The van der Waals surface area contributed by atoms with E-state index in [0.717, 1.165) is 25.9 Å². The molecule has 10 heavy (non-hydrogen) atoms. The minimum atomic E-state index is 0.111. The van der Waals surface area contributed by atoms with Crippen molar-refractivity contribution >= 4 is 5.91 Å². The molecular weight excluding hydrogens is 126 g/mol. The van der Waals surface area contributed by atoms with Crippen LogP contribution in [0.4, 0.5) is 0 Å². The molecule has 1 saturated heterocycles. The van der Waals surface area contributed by atoms with Gasteiger partial charge in [-0.2, -0.15) is 0 Å². The van der Waals surface area contributed by atoms with E-state index >= 15 is 0 Å². The van der Waals surface area contributed by atoms with E-state index in [0.29, 0.717) is 0 Å². The number of carbonyl (C=O) groups excluding carboxylic acids is 1. The van der Waals surface area contributed by atoms with E-state index in [2.05, 4.69) is 5.92 Å². The molecule has 0 aromatic carbocycles. The highest BCUT2D eigenvalue weighted by Gasteiger charge is 2.15. The van der Waals surface area contributed by atoms with E-state index < -0.39 is 0 Å². The molecule has 1 aliphatic rings. The molecule has 1 rings (SSSR count). The lowest BCUT2D eigenvalue weighted by molar-refractivity contribution is -0.129. The van der Waals surface area contributed by atoms with Gasteiger partial charge in [0.2, 0.25) is 5.91 Å². The van der Waals surface area contributed by atoms with Gasteiger partial charge in [-0.25, -0.2) is 0 Å². The maximum atomic E-state index is 11.0. The largest absolute Gasteiger partial charge is 0.342 e. The number of terminal acetylenes is 1. The van der Waals surface area contributed by atoms with Crippen molar-refractivity contribution in [2.45, 2.75) is 19.3 Å². The monoisotopic (exact) mass is 137 g/mol. The normalized spacial score (nSPS) is 16.9. The molecule has 2 heteroatoms. The fourth-order valence-corrected chi connectivity index (χ4v) is 1.17. The van der Waals surface area contributed by atoms with Gasteiger partial charge in [-0.3, -0.25) is 4.79 Å². The number of likely N-dealkylation sites (tertiary alicyclic amines) is 1. The van der Waals surface area contributed by atoms with Crippen molar-refractivity contribution in [3.8, 4) is 12.3 Å². The highest BCUT2D eigenvalue weighted by atomic mass is 16.2. The topological polar surface area (TPSA) is 20.3 Å². The summed E-state index contributed by atoms with van der Waals surface area (Å²) in [5, 5.41) is 0. The predicted molar refractivity (Wildman–Crippen MR) is 39.3 cm³/mol. The Bertz CT molecular complexity index is 163. The number of nitrogens with zero attached hydrogens (tertiary/aromatic N) is 1. The molecule has 2 nitrogen and oxygen atoms in total. The van der Waals surface area contributed by atoms with Gasteiger partial charge in [-0.1, -0.05) is 5.92 Å². The second-order valence-electron chi connectivity index (χ2n) is 2.47. The number of hydrogen-bond acceptors (Lipinski definition) is 1. The number of carbonyl (C=O) groups is 1. The van der Waals surface area contributed by atoms with Crippen LogP contribution in [0.15, 0.2) is 0 Å². The Labute approximate surface area is 61.2 Å². The van der Waals surface area contributed by atoms with Crippen molar-refractivity contribution in [3.05, 3.63) is 0 Å². The lowest BCUT2D eigenvalue weighted by Gasteiger charge is -2.12. The molecule has 0 saturated carbocycles. The molecular formula is C8H11NO. The predicted octanol–water partition coefficient (Wildman–Crippen LogP) is 0.632. The molecule has 0 unspecified atom stereocenters. The van der Waals surface area contributed by atoms with Crippen LogP contribution >= 0.6 is 0 Å². The molecule has 0 aliphatic carbocycles. The van der Waals surface area contributed by atoms with Crippen molar-refractivity contribution in [3.63, 3.8) is 0 Å². The summed E-state index contributed by atoms with van der Waals surface area (Å²) < 4.78 is 0. The fraction of sp³-hybridized carbons (Fsp3) is 0.625. The lowest BCUT2D eigenvalue weighted by Crippen LogP contribution is -2.26. The molecule has 1 aliphatic heterocycles. The standard InChI is InChI=1S/C8H11NO/c1-2-5-8(10)9-6-3-4-7-9/h1H,3-7H2. The first-order valence-electron chi connectivity index (χ1n) is 3.56. The van der Waals surface area contributed by atoms with Crippen LogP contribution in [0.5, 0.6) is 0 Å². The minimum absolute atomic E-state index is 0.111. The Hall–Kier alpha value is -0.970. The first-order chi connectivity index (χ1) is 4.84. The first-order valence-corrected chi connectivity index (χ1v) is 3.56. The highest BCUT2D eigenvalue weighted by Crippen LogP contribution is 2.07. The maximum Gasteiger partial charge on any atom is 0.234 e. The molecule has 1 amide bonds. The van der Waals surface area contributed by atoms with E-state index in [4.69, 9.17) is 6.42 Å². The van der Waals surface area contributed by atoms with E-state index in [1.54, 1.807) is 0 Å². The first kappa shape index (κ1) is 7.14. The van der Waals surface area contributed by atoms with Gasteiger partial charge in [0.1, 0.15) is 0 Å². The Morgan fingerprint density at radius 2 is 2.10 bits per heavy atom. The number of hydrogen-bond donors (Lipinski definition) is 0. The van der Waals surface area contributed by atoms with E-state index in [9.17, 15) is 4.79 Å². The van der Waals surface area contributed by atoms with Gasteiger partial charge >= 0.3 is 0 Å². The van der Waals surface area contributed by atoms with Crippen LogP contribution in [0.3, 0.4) is 0 Å². The Balaban J connectivity index is 2.34. The molecule has 0 atom stereocenters. The van der Waals surface area contributed by atoms with Crippen molar-refractivity contribution in [1.29, 1.82) is 0 Å². The maximum absolute atomic E-state index is 11.0. The van der Waals surface area contributed by atoms with E-state index in [1.165, 1.54) is 0 Å². The molecule has 0 aromatic heterocycles. The van der Waals surface area contributed by atoms with Crippen LogP contribution < -0.4 is 0 Å². The summed E-state index contributed by atoms with van der Waals surface area (Å²) in [4.78, 5) is 12.9. The van der Waals surface area contributed by atoms with Gasteiger partial charge in [-0.15, -0.1) is 6.42 Å². The smallest absolute Gasteiger partial charge is 0.234 e. The summed E-state index contributed by atoms with van der Waals surface area (Å²) in [6, 6.07) is 0. The average molecular weight is 137 g/mol. The van der Waals surface area contributed by atoms with E-state index in [1.807, 2.05) is 4.90 Å². The van der Waals surface area contributed by atoms with Crippen molar-refractivity contribution in [1.82, 2.24) is 4.90 Å². The summed E-state index contributed by atoms with van der Waals surface area (Å²) in [6.45, 7) is 1.81. The third-order valence-corrected chi connectivity index (χ3v) is 1.71. The van der Waals surface area contributed by atoms with Gasteiger partial charge in [-0.05, 0) is 12.8 Å². The second kappa shape index (κ2) is 3.26. The summed E-state index contributed by atoms with van der Waals surface area (Å²) >= 11 is 0. The van der Waals surface area contributed by atoms with Gasteiger partial charge in [0.25, 0.3) is 0 Å². The zero-order valence-electron chi connectivity index (χ0n) is 5.97. The molecule has 0 N–H and O–H groups in total. The Kier molecular flexibility index (Phi) is 2.33. The van der Waals surface area contributed by atoms with Gasteiger partial charge in [0, 0.05) is 13.1 Å². The van der Waals surface area contributed by atoms with Crippen LogP contribution in [0.2, 0.25) is 0 Å². The summed E-state index contributed by atoms with van der Waals surface area (Å²) in [7, 11) is 0. The molecule has 54 valence electrons. The molecule has 1 fully saturated rings. The van der Waals surface area contributed by atoms with Crippen molar-refractivity contribution in [2.75, 3.05) is 13.1 Å². The van der Waals surface area contributed by atoms with Crippen LogP contribution in [0, 0.1) is 12.3 Å². The highest BCUT2D eigenvalue weighted by molar-refractivity contribution is 5.78. The lowest BCUT2D eigenvalue weighted by atomic mass is 10.4. The summed E-state index contributed by atoms with van der Waals surface area (Å²) in [6.07, 6.45) is 7.53. The third kappa shape index (κ3) is 1.51. The number of amides is 1. The Morgan fingerprint density at radius 3 is 2.60 bits per heavy atom. The van der Waals surface area contributed by atoms with Crippen LogP contribution in [0.25, 0.3) is 0 Å². The molecule has 0 aromatic rings. The fourth-order valence-electron chi connectivity index (χ4n) is 1.17. The summed E-state index contributed by atoms with van der Waals surface area (Å²) in [5.41, 5.74) is 0. The minimum Gasteiger partial charge on any atom is -0.342 e. The molecule has 1 heterocycles. The zero-order valence-corrected chi connectivity index (χ0v) is 5.97. The Morgan fingerprint density at radius 1 is 1.50 bits per heavy atom. The average Bonchev–Trinajstić information content (AvgIpc) is 2.38. The van der Waals surface area contributed by atoms with Gasteiger partial charge < -0.3 is 4.90 Å². The summed E-state index contributed by atoms with van der Waals surface area (Å²) in [5.74, 6) is 2.46. The zero-order chi connectivity index (χ0) is 7.40. The molecule has 0 bridgehead atoms. The van der Waals surface area contributed by atoms with Gasteiger partial charge in [0.15, 0.2) is 0 Å². The second-order valence-corrected chi connectivity index (χ2v) is 2.47. The molecule has 0 spiro atoms. The van der Waals surface area contributed by atoms with Crippen molar-refractivity contribution < 1.29 is 4.79 Å². The number of rotatable bonds is 1. The quantitative estimate of drug-likeness (QED) is 0.485. The van der Waals surface area contributed by atoms with E-state index in [-0.39, 0.29) is 12.3 Å². The van der Waals surface area contributed by atoms with Crippen LogP contribution in [-0.4, -0.2) is 23.9 Å². The molecule has 0 radical (unpaired) electrons. The van der Waals surface area contributed by atoms with Crippen LogP contribution in [-0.2, 0) is 4.79 Å². The van der Waals surface area contributed by atoms with Crippen LogP contribution in [0.1, 0.15) is 19.3 Å². The third-order valence-electron chi connectivity index (χ3n) is 1.71. The van der Waals surface area contributed by atoms with Gasteiger partial charge in [0.05, 0.1) is 6.42 Å². The SMILES string of the molecule is C#CCC(=O)N1CCCC1. The van der Waals surface area contributed by atoms with Crippen molar-refractivity contribution in [2.24, 2.45) is 0 Å².